The van der Waals surface area contributed by atoms with Gasteiger partial charge in [-0.15, -0.1) is 0 Å². The van der Waals surface area contributed by atoms with Gasteiger partial charge < -0.3 is 10.1 Å². The molecule has 0 saturated heterocycles. The van der Waals surface area contributed by atoms with E-state index in [-0.39, 0.29) is 6.03 Å². The van der Waals surface area contributed by atoms with E-state index in [1.54, 1.807) is 7.11 Å². The summed E-state index contributed by atoms with van der Waals surface area (Å²) >= 11 is 1.40. The summed E-state index contributed by atoms with van der Waals surface area (Å²) in [6.45, 7) is 0. The number of nitrogens with one attached hydrogen (secondary N) is 2. The van der Waals surface area contributed by atoms with Gasteiger partial charge in [-0.25, -0.2) is 9.78 Å². The van der Waals surface area contributed by atoms with Crippen molar-refractivity contribution in [1.29, 1.82) is 0 Å². The number of methoxy groups -OCH3 is 1. The van der Waals surface area contributed by atoms with Crippen LogP contribution >= 0.6 is 11.3 Å². The normalized spacial score (nSPS) is 10.3. The lowest BCUT2D eigenvalue weighted by molar-refractivity contribution is 0.262. The van der Waals surface area contributed by atoms with Gasteiger partial charge in [0, 0.05) is 5.69 Å². The molecule has 2 aromatic carbocycles. The van der Waals surface area contributed by atoms with Crippen LogP contribution in [0.25, 0.3) is 10.2 Å². The zero-order valence-corrected chi connectivity index (χ0v) is 12.1. The van der Waals surface area contributed by atoms with E-state index in [1.807, 2.05) is 48.5 Å². The molecule has 2 amide bonds. The second-order valence-electron chi connectivity index (χ2n) is 4.27. The summed E-state index contributed by atoms with van der Waals surface area (Å²) in [5, 5.41) is 6.01. The smallest absolute Gasteiger partial charge is 0.325 e. The molecule has 0 atom stereocenters. The zero-order chi connectivity index (χ0) is 14.7. The number of hydrogen-bond acceptors (Lipinski definition) is 4. The van der Waals surface area contributed by atoms with Gasteiger partial charge in [-0.05, 0) is 24.3 Å². The van der Waals surface area contributed by atoms with Gasteiger partial charge in [-0.3, -0.25) is 5.32 Å². The Kier molecular flexibility index (Phi) is 3.70. The highest BCUT2D eigenvalue weighted by molar-refractivity contribution is 7.22. The largest absolute Gasteiger partial charge is 0.494 e. The maximum Gasteiger partial charge on any atom is 0.325 e. The van der Waals surface area contributed by atoms with Crippen molar-refractivity contribution in [1.82, 2.24) is 4.98 Å². The first-order valence-corrected chi connectivity index (χ1v) is 7.14. The van der Waals surface area contributed by atoms with Crippen molar-refractivity contribution in [2.24, 2.45) is 0 Å². The minimum absolute atomic E-state index is 0.320. The summed E-state index contributed by atoms with van der Waals surface area (Å²) in [4.78, 5) is 16.3. The average Bonchev–Trinajstić information content (AvgIpc) is 2.90. The molecular weight excluding hydrogens is 286 g/mol. The Morgan fingerprint density at radius 3 is 2.67 bits per heavy atom. The van der Waals surface area contributed by atoms with Gasteiger partial charge in [0.05, 0.1) is 11.8 Å². The molecule has 0 fully saturated rings. The molecule has 0 aliphatic rings. The summed E-state index contributed by atoms with van der Waals surface area (Å²) in [5.41, 5.74) is 1.48. The van der Waals surface area contributed by atoms with Gasteiger partial charge in [0.15, 0.2) is 5.13 Å². The first kappa shape index (κ1) is 13.4. The fraction of sp³-hybridized carbons (Fsp3) is 0.0667. The number of carbonyl (C=O) groups excluding carboxylic acids is 1. The third-order valence-electron chi connectivity index (χ3n) is 2.85. The van der Waals surface area contributed by atoms with Gasteiger partial charge in [-0.1, -0.05) is 35.6 Å². The van der Waals surface area contributed by atoms with Crippen molar-refractivity contribution < 1.29 is 9.53 Å². The van der Waals surface area contributed by atoms with Crippen molar-refractivity contribution in [3.05, 3.63) is 48.5 Å². The molecule has 0 saturated carbocycles. The first-order chi connectivity index (χ1) is 10.3. The van der Waals surface area contributed by atoms with E-state index in [0.29, 0.717) is 10.9 Å². The Hall–Kier alpha value is -2.60. The third-order valence-corrected chi connectivity index (χ3v) is 3.79. The zero-order valence-electron chi connectivity index (χ0n) is 11.3. The van der Waals surface area contributed by atoms with E-state index in [9.17, 15) is 4.79 Å². The number of aromatic nitrogens is 1. The van der Waals surface area contributed by atoms with Crippen molar-refractivity contribution in [3.8, 4) is 5.75 Å². The number of anilines is 2. The minimum atomic E-state index is -0.320. The van der Waals surface area contributed by atoms with Gasteiger partial charge in [0.1, 0.15) is 11.3 Å². The molecule has 1 aromatic heterocycles. The summed E-state index contributed by atoms with van der Waals surface area (Å²) < 4.78 is 6.22. The highest BCUT2D eigenvalue weighted by Gasteiger charge is 2.10. The monoisotopic (exact) mass is 299 g/mol. The number of ether oxygens (including phenoxy) is 1. The van der Waals surface area contributed by atoms with E-state index >= 15 is 0 Å². The molecule has 5 nitrogen and oxygen atoms in total. The number of thiazole rings is 1. The van der Waals surface area contributed by atoms with E-state index < -0.39 is 0 Å². The molecule has 0 aliphatic carbocycles. The van der Waals surface area contributed by atoms with Crippen LogP contribution in [0.5, 0.6) is 5.75 Å². The fourth-order valence-corrected chi connectivity index (χ4v) is 2.80. The lowest BCUT2D eigenvalue weighted by Gasteiger charge is -2.04. The highest BCUT2D eigenvalue weighted by Crippen LogP contribution is 2.32. The maximum atomic E-state index is 11.9. The van der Waals surface area contributed by atoms with Gasteiger partial charge >= 0.3 is 6.03 Å². The van der Waals surface area contributed by atoms with Crippen LogP contribution in [0, 0.1) is 0 Å². The number of amides is 2. The standard InChI is InChI=1S/C15H13N3O2S/c1-20-11-8-5-9-12-13(11)17-15(21-12)18-14(19)16-10-6-3-2-4-7-10/h2-9H,1H3,(H2,16,17,18,19). The van der Waals surface area contributed by atoms with Crippen molar-refractivity contribution in [2.45, 2.75) is 0 Å². The molecule has 0 radical (unpaired) electrons. The van der Waals surface area contributed by atoms with Crippen LogP contribution in [0.2, 0.25) is 0 Å². The molecule has 2 N–H and O–H groups in total. The molecule has 0 bridgehead atoms. The van der Waals surface area contributed by atoms with E-state index in [2.05, 4.69) is 15.6 Å². The Bertz CT molecular complexity index is 771. The van der Waals surface area contributed by atoms with Crippen molar-refractivity contribution in [3.63, 3.8) is 0 Å². The molecule has 6 heteroatoms. The number of fused-ring (bicyclic) bond motifs is 1. The predicted molar refractivity (Wildman–Crippen MR) is 85.3 cm³/mol. The second kappa shape index (κ2) is 5.80. The number of nitrogens with zero attached hydrogens (tertiary/aromatic N) is 1. The SMILES string of the molecule is COc1cccc2sc(NC(=O)Nc3ccccc3)nc12. The molecule has 0 aliphatic heterocycles. The number of urea groups is 1. The summed E-state index contributed by atoms with van der Waals surface area (Å²) in [6.07, 6.45) is 0. The van der Waals surface area contributed by atoms with Crippen LogP contribution in [0.4, 0.5) is 15.6 Å². The molecule has 0 unspecified atom stereocenters. The summed E-state index contributed by atoms with van der Waals surface area (Å²) in [6, 6.07) is 14.6. The number of carbonyl (C=O) groups is 1. The van der Waals surface area contributed by atoms with Crippen LogP contribution in [-0.2, 0) is 0 Å². The number of rotatable bonds is 3. The average molecular weight is 299 g/mol. The number of benzene rings is 2. The van der Waals surface area contributed by atoms with Crippen LogP contribution in [-0.4, -0.2) is 18.1 Å². The Labute approximate surface area is 125 Å². The lowest BCUT2D eigenvalue weighted by Crippen LogP contribution is -2.19. The topological polar surface area (TPSA) is 63.2 Å². The van der Waals surface area contributed by atoms with E-state index in [1.165, 1.54) is 11.3 Å². The van der Waals surface area contributed by atoms with Gasteiger partial charge in [0.2, 0.25) is 0 Å². The third kappa shape index (κ3) is 2.95. The Balaban J connectivity index is 1.77. The lowest BCUT2D eigenvalue weighted by atomic mass is 10.3. The molecule has 21 heavy (non-hydrogen) atoms. The molecular formula is C15H13N3O2S. The fourth-order valence-electron chi connectivity index (χ4n) is 1.92. The minimum Gasteiger partial charge on any atom is -0.494 e. The molecule has 1 heterocycles. The Morgan fingerprint density at radius 2 is 1.90 bits per heavy atom. The molecule has 106 valence electrons. The highest BCUT2D eigenvalue weighted by atomic mass is 32.1. The van der Waals surface area contributed by atoms with Gasteiger partial charge in [-0.2, -0.15) is 0 Å². The van der Waals surface area contributed by atoms with E-state index in [0.717, 1.165) is 15.9 Å². The summed E-state index contributed by atoms with van der Waals surface area (Å²) in [5.74, 6) is 0.695. The number of para-hydroxylation sites is 2. The quantitative estimate of drug-likeness (QED) is 0.769. The predicted octanol–water partition coefficient (Wildman–Crippen LogP) is 3.95. The maximum absolute atomic E-state index is 11.9. The first-order valence-electron chi connectivity index (χ1n) is 6.33. The van der Waals surface area contributed by atoms with Gasteiger partial charge in [0.25, 0.3) is 0 Å². The van der Waals surface area contributed by atoms with Crippen LogP contribution in [0.3, 0.4) is 0 Å². The van der Waals surface area contributed by atoms with Crippen molar-refractivity contribution in [2.75, 3.05) is 17.7 Å². The Morgan fingerprint density at radius 1 is 1.10 bits per heavy atom. The molecule has 0 spiro atoms. The van der Waals surface area contributed by atoms with E-state index in [4.69, 9.17) is 4.74 Å². The van der Waals surface area contributed by atoms with Crippen LogP contribution in [0.15, 0.2) is 48.5 Å². The number of hydrogen-bond donors (Lipinski definition) is 2. The van der Waals surface area contributed by atoms with Crippen LogP contribution in [0.1, 0.15) is 0 Å². The second-order valence-corrected chi connectivity index (χ2v) is 5.30. The van der Waals surface area contributed by atoms with Crippen LogP contribution < -0.4 is 15.4 Å². The van der Waals surface area contributed by atoms with Crippen molar-refractivity contribution >= 4 is 38.4 Å². The summed E-state index contributed by atoms with van der Waals surface area (Å²) in [7, 11) is 1.60. The molecule has 3 rings (SSSR count). The molecule has 3 aromatic rings.